The van der Waals surface area contributed by atoms with E-state index >= 15 is 0 Å². The fourth-order valence-electron chi connectivity index (χ4n) is 2.44. The van der Waals surface area contributed by atoms with Crippen molar-refractivity contribution in [2.24, 2.45) is 0 Å². The summed E-state index contributed by atoms with van der Waals surface area (Å²) in [5.41, 5.74) is 3.23. The highest BCUT2D eigenvalue weighted by atomic mass is 16.4. The number of pyridine rings is 1. The van der Waals surface area contributed by atoms with Crippen molar-refractivity contribution >= 4 is 5.91 Å². The van der Waals surface area contributed by atoms with Crippen LogP contribution in [-0.4, -0.2) is 21.1 Å². The summed E-state index contributed by atoms with van der Waals surface area (Å²) in [5.74, 6) is 0.134. The lowest BCUT2D eigenvalue weighted by molar-refractivity contribution is 0.0951. The number of aryl methyl sites for hydroxylation is 2. The van der Waals surface area contributed by atoms with Crippen LogP contribution >= 0.6 is 0 Å². The van der Waals surface area contributed by atoms with Crippen molar-refractivity contribution in [3.8, 4) is 11.5 Å². The number of amides is 1. The Labute approximate surface area is 137 Å². The van der Waals surface area contributed by atoms with Gasteiger partial charge in [-0.05, 0) is 49.7 Å². The van der Waals surface area contributed by atoms with Crippen LogP contribution in [0, 0.1) is 13.8 Å². The average molecular weight is 324 g/mol. The summed E-state index contributed by atoms with van der Waals surface area (Å²) in [6.07, 6.45) is 1.25. The molecule has 0 saturated carbocycles. The standard InChI is InChI=1S/C17H16N4O3/c1-10-7-11(2)20-16(23)14(10)8-18-15(22)12-3-5-13(6-4-12)17-21-19-9-24-17/h3-7,9H,8H2,1-2H3,(H,18,22)(H,20,23). The number of rotatable bonds is 4. The van der Waals surface area contributed by atoms with Crippen molar-refractivity contribution in [2.45, 2.75) is 20.4 Å². The van der Waals surface area contributed by atoms with Crippen LogP contribution in [0.5, 0.6) is 0 Å². The Morgan fingerprint density at radius 1 is 1.25 bits per heavy atom. The predicted molar refractivity (Wildman–Crippen MR) is 87.4 cm³/mol. The number of carbonyl (C=O) groups excluding carboxylic acids is 1. The monoisotopic (exact) mass is 324 g/mol. The van der Waals surface area contributed by atoms with E-state index in [4.69, 9.17) is 4.42 Å². The Morgan fingerprint density at radius 2 is 2.00 bits per heavy atom. The van der Waals surface area contributed by atoms with Crippen molar-refractivity contribution in [2.75, 3.05) is 0 Å². The normalized spacial score (nSPS) is 10.6. The molecule has 0 unspecified atom stereocenters. The van der Waals surface area contributed by atoms with Crippen LogP contribution in [0.25, 0.3) is 11.5 Å². The number of nitrogens with zero attached hydrogens (tertiary/aromatic N) is 2. The molecule has 24 heavy (non-hydrogen) atoms. The van der Waals surface area contributed by atoms with E-state index in [-0.39, 0.29) is 18.0 Å². The summed E-state index contributed by atoms with van der Waals surface area (Å²) >= 11 is 0. The van der Waals surface area contributed by atoms with E-state index in [9.17, 15) is 9.59 Å². The van der Waals surface area contributed by atoms with Gasteiger partial charge in [0.2, 0.25) is 12.3 Å². The van der Waals surface area contributed by atoms with Crippen molar-refractivity contribution in [1.29, 1.82) is 0 Å². The summed E-state index contributed by atoms with van der Waals surface area (Å²) in [7, 11) is 0. The minimum atomic E-state index is -0.258. The molecule has 2 heterocycles. The molecular weight excluding hydrogens is 308 g/mol. The molecule has 7 nitrogen and oxygen atoms in total. The lowest BCUT2D eigenvalue weighted by Gasteiger charge is -2.08. The molecule has 3 aromatic rings. The van der Waals surface area contributed by atoms with Crippen LogP contribution < -0.4 is 10.9 Å². The summed E-state index contributed by atoms with van der Waals surface area (Å²) in [6.45, 7) is 3.84. The zero-order valence-corrected chi connectivity index (χ0v) is 13.3. The number of H-pyrrole nitrogens is 1. The molecule has 1 aromatic carbocycles. The van der Waals surface area contributed by atoms with Gasteiger partial charge in [0.15, 0.2) is 0 Å². The van der Waals surface area contributed by atoms with Gasteiger partial charge in [-0.25, -0.2) is 0 Å². The number of nitrogens with one attached hydrogen (secondary N) is 2. The van der Waals surface area contributed by atoms with Crippen LogP contribution in [0.1, 0.15) is 27.2 Å². The number of aromatic amines is 1. The first-order chi connectivity index (χ1) is 11.5. The number of hydrogen-bond donors (Lipinski definition) is 2. The number of carbonyl (C=O) groups is 1. The van der Waals surface area contributed by atoms with Crippen molar-refractivity contribution in [1.82, 2.24) is 20.5 Å². The van der Waals surface area contributed by atoms with E-state index < -0.39 is 0 Å². The summed E-state index contributed by atoms with van der Waals surface area (Å²) in [6, 6.07) is 8.67. The largest absolute Gasteiger partial charge is 0.423 e. The third kappa shape index (κ3) is 3.24. The molecule has 0 bridgehead atoms. The Bertz CT molecular complexity index is 912. The van der Waals surface area contributed by atoms with Gasteiger partial charge in [-0.3, -0.25) is 9.59 Å². The molecule has 0 spiro atoms. The second-order valence-corrected chi connectivity index (χ2v) is 5.45. The maximum absolute atomic E-state index is 12.2. The third-order valence-corrected chi connectivity index (χ3v) is 3.67. The van der Waals surface area contributed by atoms with Crippen LogP contribution in [0.2, 0.25) is 0 Å². The van der Waals surface area contributed by atoms with Gasteiger partial charge in [0.25, 0.3) is 11.5 Å². The first-order valence-corrected chi connectivity index (χ1v) is 7.39. The van der Waals surface area contributed by atoms with Gasteiger partial charge >= 0.3 is 0 Å². The molecule has 2 N–H and O–H groups in total. The zero-order chi connectivity index (χ0) is 17.1. The van der Waals surface area contributed by atoms with Gasteiger partial charge in [-0.1, -0.05) is 0 Å². The average Bonchev–Trinajstić information content (AvgIpc) is 3.08. The molecule has 0 aliphatic heterocycles. The van der Waals surface area contributed by atoms with Gasteiger partial charge in [-0.2, -0.15) is 0 Å². The molecule has 7 heteroatoms. The third-order valence-electron chi connectivity index (χ3n) is 3.67. The van der Waals surface area contributed by atoms with Crippen molar-refractivity contribution in [3.63, 3.8) is 0 Å². The van der Waals surface area contributed by atoms with Crippen LogP contribution in [-0.2, 0) is 6.54 Å². The predicted octanol–water partition coefficient (Wildman–Crippen LogP) is 1.97. The van der Waals surface area contributed by atoms with E-state index in [1.54, 1.807) is 24.3 Å². The lowest BCUT2D eigenvalue weighted by atomic mass is 10.1. The molecular formula is C17H16N4O3. The highest BCUT2D eigenvalue weighted by Gasteiger charge is 2.10. The van der Waals surface area contributed by atoms with Gasteiger partial charge in [0.05, 0.1) is 0 Å². The molecule has 0 aliphatic carbocycles. The fourth-order valence-corrected chi connectivity index (χ4v) is 2.44. The highest BCUT2D eigenvalue weighted by Crippen LogP contribution is 2.16. The van der Waals surface area contributed by atoms with Crippen molar-refractivity contribution < 1.29 is 9.21 Å². The number of aromatic nitrogens is 3. The summed E-state index contributed by atoms with van der Waals surface area (Å²) in [5, 5.41) is 10.2. The SMILES string of the molecule is Cc1cc(C)c(CNC(=O)c2ccc(-c3nnco3)cc2)c(=O)[nH]1. The van der Waals surface area contributed by atoms with Gasteiger partial charge in [-0.15, -0.1) is 10.2 Å². The van der Waals surface area contributed by atoms with E-state index in [0.717, 1.165) is 16.8 Å². The molecule has 0 radical (unpaired) electrons. The van der Waals surface area contributed by atoms with E-state index in [2.05, 4.69) is 20.5 Å². The van der Waals surface area contributed by atoms with Crippen LogP contribution in [0.4, 0.5) is 0 Å². The second kappa shape index (κ2) is 6.49. The molecule has 2 aromatic heterocycles. The first-order valence-electron chi connectivity index (χ1n) is 7.39. The minimum Gasteiger partial charge on any atom is -0.423 e. The molecule has 0 fully saturated rings. The van der Waals surface area contributed by atoms with Crippen LogP contribution in [0.3, 0.4) is 0 Å². The van der Waals surface area contributed by atoms with E-state index in [1.807, 2.05) is 19.9 Å². The maximum Gasteiger partial charge on any atom is 0.253 e. The molecule has 1 amide bonds. The minimum absolute atomic E-state index is 0.172. The molecule has 0 saturated heterocycles. The molecule has 0 aliphatic rings. The molecule has 122 valence electrons. The molecule has 3 rings (SSSR count). The Balaban J connectivity index is 1.71. The fraction of sp³-hybridized carbons (Fsp3) is 0.176. The highest BCUT2D eigenvalue weighted by molar-refractivity contribution is 5.94. The van der Waals surface area contributed by atoms with E-state index in [0.29, 0.717) is 17.0 Å². The Kier molecular flexibility index (Phi) is 4.24. The molecule has 0 atom stereocenters. The van der Waals surface area contributed by atoms with Crippen molar-refractivity contribution in [3.05, 3.63) is 69.5 Å². The number of hydrogen-bond acceptors (Lipinski definition) is 5. The van der Waals surface area contributed by atoms with Gasteiger partial charge < -0.3 is 14.7 Å². The van der Waals surface area contributed by atoms with E-state index in [1.165, 1.54) is 6.39 Å². The van der Waals surface area contributed by atoms with Gasteiger partial charge in [0.1, 0.15) is 0 Å². The topological polar surface area (TPSA) is 101 Å². The quantitative estimate of drug-likeness (QED) is 0.764. The van der Waals surface area contributed by atoms with Crippen LogP contribution in [0.15, 0.2) is 45.9 Å². The summed E-state index contributed by atoms with van der Waals surface area (Å²) < 4.78 is 5.10. The first kappa shape index (κ1) is 15.7. The second-order valence-electron chi connectivity index (χ2n) is 5.45. The Hall–Kier alpha value is -3.22. The zero-order valence-electron chi connectivity index (χ0n) is 13.3. The van der Waals surface area contributed by atoms with Gasteiger partial charge in [0, 0.05) is 28.9 Å². The Morgan fingerprint density at radius 3 is 2.62 bits per heavy atom. The maximum atomic E-state index is 12.2. The smallest absolute Gasteiger partial charge is 0.253 e. The number of benzene rings is 1. The lowest BCUT2D eigenvalue weighted by Crippen LogP contribution is -2.27. The summed E-state index contributed by atoms with van der Waals surface area (Å²) in [4.78, 5) is 26.9.